The highest BCUT2D eigenvalue weighted by Crippen LogP contribution is 2.26. The summed E-state index contributed by atoms with van der Waals surface area (Å²) in [6.07, 6.45) is 1.65. The highest BCUT2D eigenvalue weighted by Gasteiger charge is 2.16. The van der Waals surface area contributed by atoms with Crippen LogP contribution in [0.3, 0.4) is 0 Å². The van der Waals surface area contributed by atoms with Crippen molar-refractivity contribution in [1.29, 1.82) is 0 Å². The van der Waals surface area contributed by atoms with Crippen molar-refractivity contribution in [3.8, 4) is 0 Å². The van der Waals surface area contributed by atoms with Gasteiger partial charge in [0.1, 0.15) is 5.69 Å². The lowest BCUT2D eigenvalue weighted by Gasteiger charge is -2.30. The number of nitrogens with zero attached hydrogens (tertiary/aromatic N) is 2. The zero-order valence-corrected chi connectivity index (χ0v) is 14.9. The van der Waals surface area contributed by atoms with E-state index in [-0.39, 0.29) is 5.91 Å². The van der Waals surface area contributed by atoms with Crippen molar-refractivity contribution in [3.05, 3.63) is 48.3 Å². The molecule has 0 bridgehead atoms. The molecule has 3 rings (SSSR count). The number of carbonyl (C=O) groups is 1. The largest absolute Gasteiger partial charge is 0.383 e. The molecule has 7 heteroatoms. The first-order valence-electron chi connectivity index (χ1n) is 8.70. The Kier molecular flexibility index (Phi) is 6.40. The van der Waals surface area contributed by atoms with Crippen LogP contribution in [0.2, 0.25) is 0 Å². The predicted molar refractivity (Wildman–Crippen MR) is 102 cm³/mol. The third kappa shape index (κ3) is 4.71. The quantitative estimate of drug-likeness (QED) is 0.741. The maximum Gasteiger partial charge on any atom is 0.274 e. The highest BCUT2D eigenvalue weighted by atomic mass is 16.5. The molecule has 1 fully saturated rings. The fourth-order valence-corrected chi connectivity index (χ4v) is 2.78. The van der Waals surface area contributed by atoms with Crippen LogP contribution >= 0.6 is 0 Å². The Morgan fingerprint density at radius 2 is 2.04 bits per heavy atom. The molecule has 0 radical (unpaired) electrons. The Labute approximate surface area is 153 Å². The van der Waals surface area contributed by atoms with Crippen molar-refractivity contribution in [2.45, 2.75) is 0 Å². The van der Waals surface area contributed by atoms with Gasteiger partial charge in [-0.15, -0.1) is 0 Å². The Bertz CT molecular complexity index is 715. The van der Waals surface area contributed by atoms with Gasteiger partial charge in [-0.25, -0.2) is 4.98 Å². The van der Waals surface area contributed by atoms with Gasteiger partial charge in [-0.1, -0.05) is 12.1 Å². The van der Waals surface area contributed by atoms with E-state index in [1.165, 1.54) is 0 Å². The van der Waals surface area contributed by atoms with E-state index in [0.29, 0.717) is 32.1 Å². The van der Waals surface area contributed by atoms with Gasteiger partial charge >= 0.3 is 0 Å². The summed E-state index contributed by atoms with van der Waals surface area (Å²) in [5.74, 6) is -0.228. The Balaban J connectivity index is 1.66. The second-order valence-corrected chi connectivity index (χ2v) is 5.92. The van der Waals surface area contributed by atoms with Crippen LogP contribution in [-0.2, 0) is 9.47 Å². The van der Waals surface area contributed by atoms with Gasteiger partial charge in [-0.3, -0.25) is 4.79 Å². The third-order valence-corrected chi connectivity index (χ3v) is 4.14. The number of amides is 1. The highest BCUT2D eigenvalue weighted by molar-refractivity contribution is 6.04. The average Bonchev–Trinajstić information content (AvgIpc) is 2.70. The number of pyridine rings is 1. The van der Waals surface area contributed by atoms with Crippen LogP contribution in [0.5, 0.6) is 0 Å². The van der Waals surface area contributed by atoms with Gasteiger partial charge in [-0.05, 0) is 24.3 Å². The van der Waals surface area contributed by atoms with Gasteiger partial charge in [-0.2, -0.15) is 0 Å². The number of anilines is 3. The van der Waals surface area contributed by atoms with Crippen molar-refractivity contribution in [2.24, 2.45) is 0 Å². The van der Waals surface area contributed by atoms with Gasteiger partial charge in [0.2, 0.25) is 0 Å². The van der Waals surface area contributed by atoms with Gasteiger partial charge in [0.25, 0.3) is 5.91 Å². The number of hydrogen-bond acceptors (Lipinski definition) is 6. The molecule has 0 spiro atoms. The molecule has 0 saturated carbocycles. The minimum absolute atomic E-state index is 0.228. The standard InChI is InChI=1S/C19H24N4O3/c1-25-11-8-20-15-6-7-17(21-14-15)19(24)22-16-4-2-3-5-18(16)23-9-12-26-13-10-23/h2-7,14,20H,8-13H2,1H3,(H,22,24). The topological polar surface area (TPSA) is 75.7 Å². The first-order valence-corrected chi connectivity index (χ1v) is 8.70. The second-order valence-electron chi connectivity index (χ2n) is 5.92. The van der Waals surface area contributed by atoms with E-state index >= 15 is 0 Å². The van der Waals surface area contributed by atoms with Crippen molar-refractivity contribution in [3.63, 3.8) is 0 Å². The van der Waals surface area contributed by atoms with Crippen molar-refractivity contribution >= 4 is 23.0 Å². The van der Waals surface area contributed by atoms with Crippen LogP contribution in [-0.4, -0.2) is 57.5 Å². The first-order chi connectivity index (χ1) is 12.8. The molecule has 1 aliphatic heterocycles. The summed E-state index contributed by atoms with van der Waals surface area (Å²) in [7, 11) is 1.65. The van der Waals surface area contributed by atoms with Crippen LogP contribution < -0.4 is 15.5 Å². The number of methoxy groups -OCH3 is 1. The summed E-state index contributed by atoms with van der Waals surface area (Å²) in [6.45, 7) is 4.32. The number of hydrogen-bond donors (Lipinski definition) is 2. The van der Waals surface area contributed by atoms with E-state index in [9.17, 15) is 4.79 Å². The summed E-state index contributed by atoms with van der Waals surface area (Å²) >= 11 is 0. The van der Waals surface area contributed by atoms with Gasteiger partial charge < -0.3 is 25.0 Å². The molecule has 1 aromatic heterocycles. The first kappa shape index (κ1) is 18.2. The van der Waals surface area contributed by atoms with E-state index in [1.54, 1.807) is 19.4 Å². The normalized spacial score (nSPS) is 14.1. The molecule has 0 atom stereocenters. The SMILES string of the molecule is COCCNc1ccc(C(=O)Nc2ccccc2N2CCOCC2)nc1. The number of benzene rings is 1. The zero-order valence-electron chi connectivity index (χ0n) is 14.9. The number of nitrogens with one attached hydrogen (secondary N) is 2. The van der Waals surface area contributed by atoms with Crippen LogP contribution in [0, 0.1) is 0 Å². The van der Waals surface area contributed by atoms with Gasteiger partial charge in [0.15, 0.2) is 0 Å². The van der Waals surface area contributed by atoms with Crippen molar-refractivity contribution < 1.29 is 14.3 Å². The monoisotopic (exact) mass is 356 g/mol. The smallest absolute Gasteiger partial charge is 0.274 e. The van der Waals surface area contributed by atoms with Crippen LogP contribution in [0.15, 0.2) is 42.6 Å². The summed E-state index contributed by atoms with van der Waals surface area (Å²) < 4.78 is 10.4. The molecule has 1 aliphatic rings. The van der Waals surface area contributed by atoms with Gasteiger partial charge in [0.05, 0.1) is 43.1 Å². The number of rotatable bonds is 7. The minimum atomic E-state index is -0.228. The number of morpholine rings is 1. The number of aromatic nitrogens is 1. The molecular weight excluding hydrogens is 332 g/mol. The van der Waals surface area contributed by atoms with E-state index in [4.69, 9.17) is 9.47 Å². The maximum absolute atomic E-state index is 12.6. The van der Waals surface area contributed by atoms with Crippen molar-refractivity contribution in [1.82, 2.24) is 4.98 Å². The molecule has 7 nitrogen and oxygen atoms in total. The summed E-state index contributed by atoms with van der Waals surface area (Å²) in [4.78, 5) is 19.0. The fourth-order valence-electron chi connectivity index (χ4n) is 2.78. The van der Waals surface area contributed by atoms with Gasteiger partial charge in [0, 0.05) is 26.7 Å². The minimum Gasteiger partial charge on any atom is -0.383 e. The number of carbonyl (C=O) groups excluding carboxylic acids is 1. The van der Waals surface area contributed by atoms with E-state index in [0.717, 1.165) is 30.2 Å². The Morgan fingerprint density at radius 1 is 1.23 bits per heavy atom. The van der Waals surface area contributed by atoms with E-state index < -0.39 is 0 Å². The molecule has 0 aliphatic carbocycles. The molecule has 138 valence electrons. The fraction of sp³-hybridized carbons (Fsp3) is 0.368. The predicted octanol–water partition coefficient (Wildman–Crippen LogP) is 2.23. The molecule has 2 N–H and O–H groups in total. The zero-order chi connectivity index (χ0) is 18.2. The second kappa shape index (κ2) is 9.17. The lowest BCUT2D eigenvalue weighted by molar-refractivity contribution is 0.102. The van der Waals surface area contributed by atoms with Crippen LogP contribution in [0.4, 0.5) is 17.1 Å². The molecule has 2 heterocycles. The summed E-state index contributed by atoms with van der Waals surface area (Å²) in [5.41, 5.74) is 3.01. The lowest BCUT2D eigenvalue weighted by atomic mass is 10.2. The molecular formula is C19H24N4O3. The lowest BCUT2D eigenvalue weighted by Crippen LogP contribution is -2.36. The van der Waals surface area contributed by atoms with Crippen molar-refractivity contribution in [2.75, 3.05) is 62.1 Å². The average molecular weight is 356 g/mol. The molecule has 1 amide bonds. The molecule has 0 unspecified atom stereocenters. The molecule has 2 aromatic rings. The maximum atomic E-state index is 12.6. The molecule has 1 saturated heterocycles. The summed E-state index contributed by atoms with van der Waals surface area (Å²) in [6, 6.07) is 11.4. The van der Waals surface area contributed by atoms with Crippen LogP contribution in [0.25, 0.3) is 0 Å². The van der Waals surface area contributed by atoms with Crippen LogP contribution in [0.1, 0.15) is 10.5 Å². The number of para-hydroxylation sites is 2. The Morgan fingerprint density at radius 3 is 2.77 bits per heavy atom. The van der Waals surface area contributed by atoms with E-state index in [2.05, 4.69) is 20.5 Å². The molecule has 1 aromatic carbocycles. The van der Waals surface area contributed by atoms with E-state index in [1.807, 2.05) is 30.3 Å². The Hall–Kier alpha value is -2.64. The number of ether oxygens (including phenoxy) is 2. The summed E-state index contributed by atoms with van der Waals surface area (Å²) in [5, 5.41) is 6.15. The third-order valence-electron chi connectivity index (χ3n) is 4.14. The molecule has 26 heavy (non-hydrogen) atoms.